The van der Waals surface area contributed by atoms with Crippen molar-refractivity contribution >= 4 is 33.9 Å². The standard InChI is InChI=1S/2C6H13NO2.Sn/c2*1-4(2)3-5(7)6(8)9;/h2*4-5H,3,7H2,1-2H3,(H,8,9);/q;;+2/p-2. The summed E-state index contributed by atoms with van der Waals surface area (Å²) in [6, 6.07) is -1.30. The average molecular weight is 379 g/mol. The zero-order valence-corrected chi connectivity index (χ0v) is 14.9. The second-order valence-electron chi connectivity index (χ2n) is 5.40. The van der Waals surface area contributed by atoms with Gasteiger partial charge >= 0.3 is 126 Å². The average Bonchev–Trinajstić information content (AvgIpc) is 2.26. The van der Waals surface area contributed by atoms with Crippen LogP contribution >= 0.6 is 0 Å². The van der Waals surface area contributed by atoms with Crippen LogP contribution in [0.25, 0.3) is 0 Å². The minimum absolute atomic E-state index is 0.315. The molecule has 0 rings (SSSR count). The molecule has 0 amide bonds. The van der Waals surface area contributed by atoms with E-state index in [1.165, 1.54) is 0 Å². The molecule has 0 aliphatic heterocycles. The minimum atomic E-state index is -1.98. The molecule has 0 aromatic heterocycles. The van der Waals surface area contributed by atoms with Crippen molar-refractivity contribution in [3.05, 3.63) is 0 Å². The molecule has 0 fully saturated rings. The van der Waals surface area contributed by atoms with Crippen LogP contribution < -0.4 is 11.5 Å². The Morgan fingerprint density at radius 1 is 0.895 bits per heavy atom. The van der Waals surface area contributed by atoms with E-state index in [2.05, 4.69) is 0 Å². The fourth-order valence-corrected chi connectivity index (χ4v) is 2.91. The van der Waals surface area contributed by atoms with Crippen LogP contribution in [0.5, 0.6) is 0 Å². The molecule has 2 radical (unpaired) electrons. The van der Waals surface area contributed by atoms with Crippen molar-refractivity contribution in [2.75, 3.05) is 0 Å². The van der Waals surface area contributed by atoms with Gasteiger partial charge in [-0.15, -0.1) is 0 Å². The van der Waals surface area contributed by atoms with Crippen molar-refractivity contribution in [1.29, 1.82) is 0 Å². The molecule has 0 bridgehead atoms. The molecule has 2 unspecified atom stereocenters. The summed E-state index contributed by atoms with van der Waals surface area (Å²) >= 11 is -1.98. The summed E-state index contributed by atoms with van der Waals surface area (Å²) in [5.41, 5.74) is 11.3. The van der Waals surface area contributed by atoms with Gasteiger partial charge in [-0.05, 0) is 0 Å². The predicted octanol–water partition coefficient (Wildman–Crippen LogP) is 0.354. The van der Waals surface area contributed by atoms with Crippen LogP contribution in [-0.4, -0.2) is 46.0 Å². The monoisotopic (exact) mass is 380 g/mol. The fraction of sp³-hybridized carbons (Fsp3) is 0.833. The van der Waals surface area contributed by atoms with E-state index in [4.69, 9.17) is 17.6 Å². The van der Waals surface area contributed by atoms with Gasteiger partial charge in [0.15, 0.2) is 0 Å². The number of carbonyl (C=O) groups is 2. The molecule has 0 aromatic rings. The Morgan fingerprint density at radius 3 is 1.47 bits per heavy atom. The molecular formula is C12H24N2O4Sn. The Morgan fingerprint density at radius 2 is 1.21 bits per heavy atom. The molecule has 6 nitrogen and oxygen atoms in total. The van der Waals surface area contributed by atoms with Crippen LogP contribution in [0.4, 0.5) is 0 Å². The number of nitrogens with two attached hydrogens (primary N) is 2. The maximum atomic E-state index is 11.5. The third-order valence-corrected chi connectivity index (χ3v) is 3.96. The zero-order chi connectivity index (χ0) is 15.0. The molecule has 110 valence electrons. The first-order valence-corrected chi connectivity index (χ1v) is 8.74. The summed E-state index contributed by atoms with van der Waals surface area (Å²) < 4.78 is 9.88. The molecule has 0 spiro atoms. The quantitative estimate of drug-likeness (QED) is 0.590. The van der Waals surface area contributed by atoms with E-state index < -0.39 is 46.0 Å². The zero-order valence-electron chi connectivity index (χ0n) is 12.0. The van der Waals surface area contributed by atoms with Gasteiger partial charge in [-0.25, -0.2) is 0 Å². The number of rotatable bonds is 8. The van der Waals surface area contributed by atoms with E-state index in [1.807, 2.05) is 27.7 Å². The molecule has 0 aliphatic rings. The molecule has 19 heavy (non-hydrogen) atoms. The van der Waals surface area contributed by atoms with E-state index in [-0.39, 0.29) is 0 Å². The van der Waals surface area contributed by atoms with Gasteiger partial charge in [0, 0.05) is 0 Å². The van der Waals surface area contributed by atoms with Crippen LogP contribution in [0.15, 0.2) is 0 Å². The SMILES string of the molecule is CC(C)CC(N)C(=O)[O][Sn][O]C(=O)C(N)CC(C)C. The Bertz CT molecular complexity index is 269. The summed E-state index contributed by atoms with van der Waals surface area (Å²) in [6.45, 7) is 7.88. The summed E-state index contributed by atoms with van der Waals surface area (Å²) in [7, 11) is 0. The third-order valence-electron chi connectivity index (χ3n) is 2.34. The van der Waals surface area contributed by atoms with Crippen LogP contribution in [-0.2, 0) is 15.7 Å². The number of carbonyl (C=O) groups excluding carboxylic acids is 2. The normalized spacial score (nSPS) is 14.3. The third kappa shape index (κ3) is 9.23. The van der Waals surface area contributed by atoms with Gasteiger partial charge in [-0.1, -0.05) is 0 Å². The molecule has 4 N–H and O–H groups in total. The van der Waals surface area contributed by atoms with E-state index in [0.29, 0.717) is 24.7 Å². The van der Waals surface area contributed by atoms with Crippen molar-refractivity contribution in [3.63, 3.8) is 0 Å². The van der Waals surface area contributed by atoms with Crippen molar-refractivity contribution in [2.45, 2.75) is 52.6 Å². The molecule has 7 heteroatoms. The predicted molar refractivity (Wildman–Crippen MR) is 72.8 cm³/mol. The van der Waals surface area contributed by atoms with E-state index >= 15 is 0 Å². The Hall–Kier alpha value is -0.341. The Labute approximate surface area is 125 Å². The first kappa shape index (κ1) is 18.7. The van der Waals surface area contributed by atoms with Gasteiger partial charge < -0.3 is 0 Å². The number of hydrogen-bond acceptors (Lipinski definition) is 6. The first-order chi connectivity index (χ1) is 8.73. The summed E-state index contributed by atoms with van der Waals surface area (Å²) in [4.78, 5) is 23.0. The topological polar surface area (TPSA) is 105 Å². The molecule has 0 saturated carbocycles. The van der Waals surface area contributed by atoms with Crippen molar-refractivity contribution in [2.24, 2.45) is 23.3 Å². The van der Waals surface area contributed by atoms with Gasteiger partial charge in [0.1, 0.15) is 0 Å². The van der Waals surface area contributed by atoms with Crippen LogP contribution in [0.2, 0.25) is 0 Å². The fourth-order valence-electron chi connectivity index (χ4n) is 1.46. The second kappa shape index (κ2) is 9.54. The molecule has 0 saturated heterocycles. The van der Waals surface area contributed by atoms with Crippen LogP contribution in [0.1, 0.15) is 40.5 Å². The van der Waals surface area contributed by atoms with E-state index in [0.717, 1.165) is 0 Å². The molecule has 2 atom stereocenters. The second-order valence-corrected chi connectivity index (χ2v) is 7.04. The maximum absolute atomic E-state index is 11.5. The van der Waals surface area contributed by atoms with Crippen LogP contribution in [0.3, 0.4) is 0 Å². The summed E-state index contributed by atoms with van der Waals surface area (Å²) in [5.74, 6) is -0.360. The summed E-state index contributed by atoms with van der Waals surface area (Å²) in [6.07, 6.45) is 1.11. The van der Waals surface area contributed by atoms with Gasteiger partial charge in [0.25, 0.3) is 0 Å². The van der Waals surface area contributed by atoms with Crippen molar-refractivity contribution in [3.8, 4) is 0 Å². The van der Waals surface area contributed by atoms with Crippen molar-refractivity contribution < 1.29 is 15.7 Å². The van der Waals surface area contributed by atoms with Gasteiger partial charge in [-0.3, -0.25) is 0 Å². The van der Waals surface area contributed by atoms with E-state index in [9.17, 15) is 9.59 Å². The Kier molecular flexibility index (Phi) is 9.37. The van der Waals surface area contributed by atoms with Crippen LogP contribution in [0, 0.1) is 11.8 Å². The number of hydrogen-bond donors (Lipinski definition) is 2. The van der Waals surface area contributed by atoms with Gasteiger partial charge in [0.2, 0.25) is 0 Å². The van der Waals surface area contributed by atoms with E-state index in [1.54, 1.807) is 0 Å². The van der Waals surface area contributed by atoms with Gasteiger partial charge in [-0.2, -0.15) is 0 Å². The molecule has 0 heterocycles. The molecule has 0 aliphatic carbocycles. The first-order valence-electron chi connectivity index (χ1n) is 6.41. The molecular weight excluding hydrogens is 355 g/mol. The summed E-state index contributed by atoms with van der Waals surface area (Å²) in [5, 5.41) is 0. The van der Waals surface area contributed by atoms with Gasteiger partial charge in [0.05, 0.1) is 0 Å². The van der Waals surface area contributed by atoms with Crippen molar-refractivity contribution in [1.82, 2.24) is 0 Å². The molecule has 0 aromatic carbocycles. The Balaban J connectivity index is 3.90.